The normalized spacial score (nSPS) is 15.9. The van der Waals surface area contributed by atoms with Crippen LogP contribution in [-0.4, -0.2) is 59.0 Å². The van der Waals surface area contributed by atoms with E-state index in [9.17, 15) is 29.1 Å². The molecule has 0 aromatic rings. The molecule has 1 aliphatic carbocycles. The number of hydrogen-bond donors (Lipinski definition) is 4. The molecule has 4 N–H and O–H groups in total. The standard InChI is InChI=1S/C26H45N3O7/c1-18(30)20(12-8-9-17-27-25(35)36-26(2,3)4)28-23(32)16-14-21(24(33)34)29-22(31)15-13-19-10-6-5-7-11-19/h19-21H,5-17H2,1-4H3,(H,27,35)(H,28,32)(H,29,31)(H,33,34)/t20-,21-/m0/s1. The lowest BCUT2D eigenvalue weighted by Gasteiger charge is -2.21. The summed E-state index contributed by atoms with van der Waals surface area (Å²) in [5.41, 5.74) is -0.578. The van der Waals surface area contributed by atoms with Crippen molar-refractivity contribution in [2.75, 3.05) is 6.54 Å². The van der Waals surface area contributed by atoms with Crippen molar-refractivity contribution in [3.05, 3.63) is 0 Å². The van der Waals surface area contributed by atoms with Gasteiger partial charge in [0.05, 0.1) is 6.04 Å². The van der Waals surface area contributed by atoms with E-state index in [0.29, 0.717) is 31.7 Å². The molecule has 0 heterocycles. The number of ether oxygens (including phenoxy) is 1. The molecule has 1 aliphatic rings. The van der Waals surface area contributed by atoms with Gasteiger partial charge in [-0.05, 0) is 65.7 Å². The number of aliphatic carboxylic acids is 1. The zero-order valence-electron chi connectivity index (χ0n) is 22.3. The number of amides is 3. The number of carboxylic acids is 1. The first-order valence-electron chi connectivity index (χ1n) is 13.2. The maximum atomic E-state index is 12.4. The number of alkyl carbamates (subject to hydrolysis) is 1. The van der Waals surface area contributed by atoms with E-state index < -0.39 is 35.7 Å². The van der Waals surface area contributed by atoms with E-state index in [1.165, 1.54) is 26.2 Å². The number of ketones is 1. The molecule has 3 amide bonds. The van der Waals surface area contributed by atoms with Crippen molar-refractivity contribution in [2.45, 2.75) is 122 Å². The van der Waals surface area contributed by atoms with Gasteiger partial charge in [0.25, 0.3) is 0 Å². The van der Waals surface area contributed by atoms with E-state index >= 15 is 0 Å². The summed E-state index contributed by atoms with van der Waals surface area (Å²) in [7, 11) is 0. The van der Waals surface area contributed by atoms with E-state index in [2.05, 4.69) is 16.0 Å². The van der Waals surface area contributed by atoms with Crippen LogP contribution in [0.3, 0.4) is 0 Å². The molecule has 0 spiro atoms. The molecular formula is C26H45N3O7. The lowest BCUT2D eigenvalue weighted by molar-refractivity contribution is -0.142. The van der Waals surface area contributed by atoms with Crippen molar-refractivity contribution in [2.24, 2.45) is 5.92 Å². The molecular weight excluding hydrogens is 466 g/mol. The quantitative estimate of drug-likeness (QED) is 0.246. The van der Waals surface area contributed by atoms with Crippen LogP contribution in [0.1, 0.15) is 105 Å². The van der Waals surface area contributed by atoms with Crippen LogP contribution >= 0.6 is 0 Å². The van der Waals surface area contributed by atoms with Crippen LogP contribution in [0, 0.1) is 5.92 Å². The number of unbranched alkanes of at least 4 members (excludes halogenated alkanes) is 1. The topological polar surface area (TPSA) is 151 Å². The number of carboxylic acid groups (broad SMARTS) is 1. The van der Waals surface area contributed by atoms with E-state index in [1.54, 1.807) is 20.8 Å². The van der Waals surface area contributed by atoms with Crippen molar-refractivity contribution < 1.29 is 33.8 Å². The van der Waals surface area contributed by atoms with Crippen LogP contribution in [0.15, 0.2) is 0 Å². The number of carbonyl (C=O) groups excluding carboxylic acids is 4. The van der Waals surface area contributed by atoms with Gasteiger partial charge in [0.2, 0.25) is 11.8 Å². The van der Waals surface area contributed by atoms with Gasteiger partial charge in [-0.1, -0.05) is 32.1 Å². The molecule has 0 aliphatic heterocycles. The second kappa shape index (κ2) is 16.2. The van der Waals surface area contributed by atoms with E-state index in [-0.39, 0.29) is 31.0 Å². The number of carbonyl (C=O) groups is 5. The molecule has 0 aromatic heterocycles. The molecule has 10 heteroatoms. The second-order valence-electron chi connectivity index (χ2n) is 10.7. The maximum Gasteiger partial charge on any atom is 0.407 e. The van der Waals surface area contributed by atoms with Crippen LogP contribution in [0.5, 0.6) is 0 Å². The van der Waals surface area contributed by atoms with Crippen molar-refractivity contribution in [3.63, 3.8) is 0 Å². The Bertz CT molecular complexity index is 742. The van der Waals surface area contributed by atoms with Crippen LogP contribution in [0.25, 0.3) is 0 Å². The average Bonchev–Trinajstić information content (AvgIpc) is 2.78. The highest BCUT2D eigenvalue weighted by molar-refractivity contribution is 5.88. The summed E-state index contributed by atoms with van der Waals surface area (Å²) in [6.07, 6.45) is 7.80. The Morgan fingerprint density at radius 3 is 2.08 bits per heavy atom. The summed E-state index contributed by atoms with van der Waals surface area (Å²) in [6.45, 7) is 7.09. The number of rotatable bonds is 15. The van der Waals surface area contributed by atoms with Crippen molar-refractivity contribution in [1.29, 1.82) is 0 Å². The van der Waals surface area contributed by atoms with Crippen molar-refractivity contribution in [3.8, 4) is 0 Å². The zero-order valence-corrected chi connectivity index (χ0v) is 22.3. The third-order valence-electron chi connectivity index (χ3n) is 6.21. The van der Waals surface area contributed by atoms with Crippen LogP contribution in [-0.2, 0) is 23.9 Å². The molecule has 0 aromatic carbocycles. The van der Waals surface area contributed by atoms with Gasteiger partial charge in [0.15, 0.2) is 5.78 Å². The fourth-order valence-electron chi connectivity index (χ4n) is 4.23. The highest BCUT2D eigenvalue weighted by Crippen LogP contribution is 2.27. The summed E-state index contributed by atoms with van der Waals surface area (Å²) < 4.78 is 5.16. The van der Waals surface area contributed by atoms with Crippen LogP contribution in [0.4, 0.5) is 4.79 Å². The Labute approximate surface area is 214 Å². The van der Waals surface area contributed by atoms with Crippen molar-refractivity contribution >= 4 is 29.7 Å². The molecule has 1 fully saturated rings. The van der Waals surface area contributed by atoms with Gasteiger partial charge in [-0.15, -0.1) is 0 Å². The lowest BCUT2D eigenvalue weighted by atomic mass is 9.86. The van der Waals surface area contributed by atoms with E-state index in [4.69, 9.17) is 4.74 Å². The number of Topliss-reactive ketones (excluding diaryl/α,β-unsaturated/α-hetero) is 1. The third kappa shape index (κ3) is 14.7. The minimum absolute atomic E-state index is 0.0548. The molecule has 1 rings (SSSR count). The largest absolute Gasteiger partial charge is 0.480 e. The SMILES string of the molecule is CC(=O)[C@H](CCCCNC(=O)OC(C)(C)C)NC(=O)CC[C@H](NC(=O)CCC1CCCCC1)C(=O)O. The summed E-state index contributed by atoms with van der Waals surface area (Å²) >= 11 is 0. The molecule has 36 heavy (non-hydrogen) atoms. The first kappa shape index (κ1) is 31.4. The third-order valence-corrected chi connectivity index (χ3v) is 6.21. The minimum atomic E-state index is -1.19. The minimum Gasteiger partial charge on any atom is -0.480 e. The second-order valence-corrected chi connectivity index (χ2v) is 10.7. The Balaban J connectivity index is 2.35. The maximum absolute atomic E-state index is 12.4. The number of nitrogens with one attached hydrogen (secondary N) is 3. The fraction of sp³-hybridized carbons (Fsp3) is 0.808. The average molecular weight is 512 g/mol. The van der Waals surface area contributed by atoms with Crippen LogP contribution in [0.2, 0.25) is 0 Å². The first-order chi connectivity index (χ1) is 16.9. The summed E-state index contributed by atoms with van der Waals surface area (Å²) in [6, 6.07) is -1.84. The molecule has 2 atom stereocenters. The molecule has 0 saturated heterocycles. The highest BCUT2D eigenvalue weighted by Gasteiger charge is 2.24. The zero-order chi connectivity index (χ0) is 27.1. The van der Waals surface area contributed by atoms with Gasteiger partial charge in [0, 0.05) is 19.4 Å². The fourth-order valence-corrected chi connectivity index (χ4v) is 4.23. The summed E-state index contributed by atoms with van der Waals surface area (Å²) in [4.78, 5) is 59.8. The van der Waals surface area contributed by atoms with E-state index in [0.717, 1.165) is 19.3 Å². The lowest BCUT2D eigenvalue weighted by Crippen LogP contribution is -2.43. The Morgan fingerprint density at radius 1 is 0.889 bits per heavy atom. The molecule has 0 bridgehead atoms. The molecule has 1 saturated carbocycles. The van der Waals surface area contributed by atoms with Gasteiger partial charge in [-0.2, -0.15) is 0 Å². The number of hydrogen-bond acceptors (Lipinski definition) is 6. The predicted octanol–water partition coefficient (Wildman–Crippen LogP) is 3.47. The molecule has 0 unspecified atom stereocenters. The Kier molecular flexibility index (Phi) is 14.1. The Morgan fingerprint density at radius 2 is 1.50 bits per heavy atom. The van der Waals surface area contributed by atoms with Gasteiger partial charge in [-0.25, -0.2) is 9.59 Å². The highest BCUT2D eigenvalue weighted by atomic mass is 16.6. The monoisotopic (exact) mass is 511 g/mol. The molecule has 206 valence electrons. The summed E-state index contributed by atoms with van der Waals surface area (Å²) in [5.74, 6) is -1.61. The smallest absolute Gasteiger partial charge is 0.407 e. The van der Waals surface area contributed by atoms with Crippen LogP contribution < -0.4 is 16.0 Å². The van der Waals surface area contributed by atoms with Gasteiger partial charge in [-0.3, -0.25) is 14.4 Å². The van der Waals surface area contributed by atoms with E-state index in [1.807, 2.05) is 0 Å². The molecule has 10 nitrogen and oxygen atoms in total. The predicted molar refractivity (Wildman–Crippen MR) is 135 cm³/mol. The van der Waals surface area contributed by atoms with Gasteiger partial charge >= 0.3 is 12.1 Å². The van der Waals surface area contributed by atoms with Gasteiger partial charge < -0.3 is 25.8 Å². The van der Waals surface area contributed by atoms with Crippen molar-refractivity contribution in [1.82, 2.24) is 16.0 Å². The first-order valence-corrected chi connectivity index (χ1v) is 13.2. The Hall–Kier alpha value is -2.65. The molecule has 0 radical (unpaired) electrons. The van der Waals surface area contributed by atoms with Gasteiger partial charge in [0.1, 0.15) is 11.6 Å². The summed E-state index contributed by atoms with van der Waals surface area (Å²) in [5, 5.41) is 17.3.